The molecule has 1 heterocycles. The molecule has 2 fully saturated rings. The Morgan fingerprint density at radius 3 is 2.76 bits per heavy atom. The van der Waals surface area contributed by atoms with E-state index in [1.165, 1.54) is 19.3 Å². The Kier molecular flexibility index (Phi) is 4.14. The van der Waals surface area contributed by atoms with Crippen LogP contribution in [-0.2, 0) is 0 Å². The Morgan fingerprint density at radius 2 is 2.10 bits per heavy atom. The van der Waals surface area contributed by atoms with Gasteiger partial charge in [0, 0.05) is 12.6 Å². The molecule has 6 nitrogen and oxygen atoms in total. The summed E-state index contributed by atoms with van der Waals surface area (Å²) >= 11 is 0. The fourth-order valence-electron chi connectivity index (χ4n) is 3.20. The van der Waals surface area contributed by atoms with Crippen molar-refractivity contribution in [2.45, 2.75) is 63.0 Å². The molecular weight excluding hydrogens is 268 g/mol. The van der Waals surface area contributed by atoms with Gasteiger partial charge in [0.2, 0.25) is 0 Å². The van der Waals surface area contributed by atoms with E-state index >= 15 is 0 Å². The first kappa shape index (κ1) is 14.4. The van der Waals surface area contributed by atoms with Crippen LogP contribution in [0.3, 0.4) is 0 Å². The summed E-state index contributed by atoms with van der Waals surface area (Å²) in [4.78, 5) is 12.0. The van der Waals surface area contributed by atoms with Gasteiger partial charge in [-0.05, 0) is 32.1 Å². The fraction of sp³-hybridized carbons (Fsp3) is 0.733. The molecule has 0 atom stereocenters. The molecule has 3 N–H and O–H groups in total. The van der Waals surface area contributed by atoms with E-state index < -0.39 is 5.60 Å². The third kappa shape index (κ3) is 3.37. The van der Waals surface area contributed by atoms with Crippen LogP contribution in [0.5, 0.6) is 0 Å². The van der Waals surface area contributed by atoms with Gasteiger partial charge in [0.15, 0.2) is 0 Å². The van der Waals surface area contributed by atoms with Crippen molar-refractivity contribution in [2.24, 2.45) is 0 Å². The Labute approximate surface area is 124 Å². The highest BCUT2D eigenvalue weighted by molar-refractivity contribution is 5.88. The molecule has 2 aliphatic carbocycles. The quantitative estimate of drug-likeness (QED) is 0.797. The first-order valence-corrected chi connectivity index (χ1v) is 7.97. The van der Waals surface area contributed by atoms with Crippen molar-refractivity contribution in [3.63, 3.8) is 0 Å². The number of rotatable bonds is 4. The van der Waals surface area contributed by atoms with Gasteiger partial charge in [-0.25, -0.2) is 9.48 Å². The number of aromatic nitrogens is 2. The summed E-state index contributed by atoms with van der Waals surface area (Å²) < 4.78 is 1.93. The van der Waals surface area contributed by atoms with Crippen LogP contribution in [-0.4, -0.2) is 33.1 Å². The minimum atomic E-state index is -0.693. The predicted octanol–water partition coefficient (Wildman–Crippen LogP) is 2.42. The fourth-order valence-corrected chi connectivity index (χ4v) is 3.20. The van der Waals surface area contributed by atoms with E-state index in [-0.39, 0.29) is 6.03 Å². The van der Waals surface area contributed by atoms with Gasteiger partial charge in [0.05, 0.1) is 17.8 Å². The largest absolute Gasteiger partial charge is 0.388 e. The zero-order chi connectivity index (χ0) is 14.7. The van der Waals surface area contributed by atoms with Crippen LogP contribution in [0.4, 0.5) is 10.6 Å². The molecule has 2 amide bonds. The number of anilines is 1. The van der Waals surface area contributed by atoms with Gasteiger partial charge < -0.3 is 10.4 Å². The number of nitrogens with zero attached hydrogens (tertiary/aromatic N) is 2. The second-order valence-electron chi connectivity index (χ2n) is 6.34. The Bertz CT molecular complexity index is 490. The zero-order valence-corrected chi connectivity index (χ0v) is 12.3. The molecule has 1 aromatic heterocycles. The van der Waals surface area contributed by atoms with E-state index in [9.17, 15) is 9.90 Å². The monoisotopic (exact) mass is 292 g/mol. The lowest BCUT2D eigenvalue weighted by atomic mass is 9.80. The molecule has 3 rings (SSSR count). The van der Waals surface area contributed by atoms with Crippen molar-refractivity contribution >= 4 is 11.8 Å². The predicted molar refractivity (Wildman–Crippen MR) is 80.2 cm³/mol. The average Bonchev–Trinajstić information content (AvgIpc) is 2.92. The highest BCUT2D eigenvalue weighted by Crippen LogP contribution is 2.31. The molecule has 116 valence electrons. The molecule has 0 unspecified atom stereocenters. The molecule has 0 saturated heterocycles. The molecule has 2 saturated carbocycles. The van der Waals surface area contributed by atoms with Crippen molar-refractivity contribution < 1.29 is 9.90 Å². The number of hydrogen-bond acceptors (Lipinski definition) is 3. The maximum atomic E-state index is 12.0. The number of carbonyl (C=O) groups excluding carboxylic acids is 1. The molecule has 0 aromatic carbocycles. The van der Waals surface area contributed by atoms with E-state index in [1.807, 2.05) is 10.7 Å². The van der Waals surface area contributed by atoms with Gasteiger partial charge >= 0.3 is 6.03 Å². The average molecular weight is 292 g/mol. The Hall–Kier alpha value is -1.56. The second-order valence-corrected chi connectivity index (χ2v) is 6.34. The van der Waals surface area contributed by atoms with Gasteiger partial charge in [-0.2, -0.15) is 5.10 Å². The second kappa shape index (κ2) is 6.05. The maximum Gasteiger partial charge on any atom is 0.320 e. The van der Waals surface area contributed by atoms with Crippen molar-refractivity contribution in [2.75, 3.05) is 11.9 Å². The molecule has 0 bridgehead atoms. The van der Waals surface area contributed by atoms with Crippen molar-refractivity contribution in [1.82, 2.24) is 15.1 Å². The first-order valence-electron chi connectivity index (χ1n) is 7.97. The summed E-state index contributed by atoms with van der Waals surface area (Å²) in [6, 6.07) is 1.94. The number of aliphatic hydroxyl groups is 1. The van der Waals surface area contributed by atoms with Crippen molar-refractivity contribution in [3.8, 4) is 0 Å². The van der Waals surface area contributed by atoms with Gasteiger partial charge in [0.25, 0.3) is 0 Å². The number of urea groups is 1. The third-order valence-corrected chi connectivity index (χ3v) is 4.69. The van der Waals surface area contributed by atoms with Crippen LogP contribution < -0.4 is 10.6 Å². The molecular formula is C15H24N4O2. The molecule has 1 aromatic rings. The van der Waals surface area contributed by atoms with Gasteiger partial charge in [0.1, 0.15) is 5.82 Å². The van der Waals surface area contributed by atoms with E-state index in [2.05, 4.69) is 15.7 Å². The zero-order valence-electron chi connectivity index (χ0n) is 12.3. The van der Waals surface area contributed by atoms with Crippen LogP contribution in [0.2, 0.25) is 0 Å². The van der Waals surface area contributed by atoms with E-state index in [1.54, 1.807) is 6.20 Å². The highest BCUT2D eigenvalue weighted by atomic mass is 16.3. The van der Waals surface area contributed by atoms with E-state index in [4.69, 9.17) is 0 Å². The number of amides is 2. The van der Waals surface area contributed by atoms with Crippen molar-refractivity contribution in [3.05, 3.63) is 12.3 Å². The minimum absolute atomic E-state index is 0.270. The molecule has 6 heteroatoms. The summed E-state index contributed by atoms with van der Waals surface area (Å²) in [5.41, 5.74) is -0.693. The molecule has 21 heavy (non-hydrogen) atoms. The van der Waals surface area contributed by atoms with Gasteiger partial charge in [-0.15, -0.1) is 0 Å². The third-order valence-electron chi connectivity index (χ3n) is 4.69. The number of nitrogens with one attached hydrogen (secondary N) is 2. The lowest BCUT2D eigenvalue weighted by molar-refractivity contribution is -0.0287. The Balaban J connectivity index is 1.54. The lowest BCUT2D eigenvalue weighted by Gasteiger charge is -2.36. The van der Waals surface area contributed by atoms with Gasteiger partial charge in [-0.1, -0.05) is 19.3 Å². The molecule has 0 radical (unpaired) electrons. The normalized spacial score (nSPS) is 21.6. The first-order chi connectivity index (χ1) is 10.2. The van der Waals surface area contributed by atoms with Crippen LogP contribution in [0, 0.1) is 0 Å². The molecule has 0 aliphatic heterocycles. The van der Waals surface area contributed by atoms with Crippen LogP contribution >= 0.6 is 0 Å². The lowest BCUT2D eigenvalue weighted by Crippen LogP contribution is -2.48. The summed E-state index contributed by atoms with van der Waals surface area (Å²) in [6.07, 6.45) is 10.3. The minimum Gasteiger partial charge on any atom is -0.388 e. The summed E-state index contributed by atoms with van der Waals surface area (Å²) in [5, 5.41) is 19.9. The Morgan fingerprint density at radius 1 is 1.33 bits per heavy atom. The van der Waals surface area contributed by atoms with Crippen molar-refractivity contribution in [1.29, 1.82) is 0 Å². The van der Waals surface area contributed by atoms with Crippen LogP contribution in [0.25, 0.3) is 0 Å². The highest BCUT2D eigenvalue weighted by Gasteiger charge is 2.34. The number of hydrogen-bond donors (Lipinski definition) is 3. The van der Waals surface area contributed by atoms with E-state index in [0.717, 1.165) is 37.9 Å². The summed E-state index contributed by atoms with van der Waals surface area (Å²) in [5.74, 6) is 0.736. The maximum absolute atomic E-state index is 12.0. The van der Waals surface area contributed by atoms with Crippen LogP contribution in [0.1, 0.15) is 57.4 Å². The van der Waals surface area contributed by atoms with Gasteiger partial charge in [-0.3, -0.25) is 5.32 Å². The topological polar surface area (TPSA) is 79.2 Å². The molecule has 2 aliphatic rings. The smallest absolute Gasteiger partial charge is 0.320 e. The SMILES string of the molecule is O=C(NCC1(O)CCC1)Nc1ccnn1C1CCCCC1. The summed E-state index contributed by atoms with van der Waals surface area (Å²) in [6.45, 7) is 0.316. The van der Waals surface area contributed by atoms with Crippen LogP contribution in [0.15, 0.2) is 12.3 Å². The number of carbonyl (C=O) groups is 1. The molecule has 0 spiro atoms. The van der Waals surface area contributed by atoms with E-state index in [0.29, 0.717) is 12.6 Å². The standard InChI is InChI=1S/C15H24N4O2/c20-14(16-11-15(21)8-4-9-15)18-13-7-10-17-19(13)12-5-2-1-3-6-12/h7,10,12,21H,1-6,8-9,11H2,(H2,16,18,20). The summed E-state index contributed by atoms with van der Waals surface area (Å²) in [7, 11) is 0.